The predicted molar refractivity (Wildman–Crippen MR) is 82.9 cm³/mol. The Hall–Kier alpha value is 0.580. The summed E-state index contributed by atoms with van der Waals surface area (Å²) >= 11 is 4.20. The summed E-state index contributed by atoms with van der Waals surface area (Å²) in [5.41, 5.74) is 0. The van der Waals surface area contributed by atoms with Crippen LogP contribution in [0.25, 0.3) is 0 Å². The molecule has 0 aromatic carbocycles. The zero-order valence-electron chi connectivity index (χ0n) is 11.4. The van der Waals surface area contributed by atoms with Crippen LogP contribution in [0.3, 0.4) is 0 Å². The van der Waals surface area contributed by atoms with Gasteiger partial charge in [0.25, 0.3) is 0 Å². The fraction of sp³-hybridized carbons (Fsp3) is 1.00. The number of morpholine rings is 1. The molecule has 1 atom stereocenters. The number of nitrogens with one attached hydrogen (secondary N) is 1. The molecule has 0 radical (unpaired) electrons. The van der Waals surface area contributed by atoms with E-state index in [1.165, 1.54) is 29.4 Å². The van der Waals surface area contributed by atoms with Crippen molar-refractivity contribution in [3.63, 3.8) is 0 Å². The third-order valence-electron chi connectivity index (χ3n) is 3.69. The maximum absolute atomic E-state index is 5.44. The highest BCUT2D eigenvalue weighted by Gasteiger charge is 2.21. The summed E-state index contributed by atoms with van der Waals surface area (Å²) in [6, 6.07) is 1.39. The zero-order chi connectivity index (χ0) is 12.6. The maximum atomic E-state index is 5.44. The van der Waals surface area contributed by atoms with Gasteiger partial charge in [-0.15, -0.1) is 0 Å². The van der Waals surface area contributed by atoms with E-state index in [-0.39, 0.29) is 0 Å². The highest BCUT2D eigenvalue weighted by Crippen LogP contribution is 2.17. The van der Waals surface area contributed by atoms with Gasteiger partial charge >= 0.3 is 0 Å². The van der Waals surface area contributed by atoms with E-state index in [1.54, 1.807) is 0 Å². The van der Waals surface area contributed by atoms with Crippen molar-refractivity contribution in [3.8, 4) is 0 Å². The van der Waals surface area contributed by atoms with Gasteiger partial charge in [-0.05, 0) is 6.42 Å². The fourth-order valence-electron chi connectivity index (χ4n) is 2.51. The molecule has 2 aliphatic heterocycles. The molecule has 2 rings (SSSR count). The molecule has 3 nitrogen and oxygen atoms in total. The summed E-state index contributed by atoms with van der Waals surface area (Å²) in [5, 5.41) is 3.79. The third kappa shape index (κ3) is 4.93. The number of nitrogens with zero attached hydrogens (tertiary/aromatic N) is 1. The molecule has 0 aromatic heterocycles. The van der Waals surface area contributed by atoms with Crippen LogP contribution in [0, 0.1) is 0 Å². The molecule has 1 unspecified atom stereocenters. The van der Waals surface area contributed by atoms with E-state index in [0.29, 0.717) is 12.1 Å². The monoisotopic (exact) mass is 290 g/mol. The first-order valence-corrected chi connectivity index (χ1v) is 9.41. The summed E-state index contributed by atoms with van der Waals surface area (Å²) in [7, 11) is 0. The van der Waals surface area contributed by atoms with Crippen LogP contribution in [0.2, 0.25) is 0 Å². The largest absolute Gasteiger partial charge is 0.379 e. The van der Waals surface area contributed by atoms with E-state index in [0.717, 1.165) is 32.8 Å². The molecule has 2 heterocycles. The zero-order valence-corrected chi connectivity index (χ0v) is 13.0. The SMILES string of the molecule is CCC(CNC1CSCCSC1)N1CCOCC1. The second kappa shape index (κ2) is 8.69. The molecular weight excluding hydrogens is 264 g/mol. The summed E-state index contributed by atoms with van der Waals surface area (Å²) in [6.45, 7) is 7.47. The first kappa shape index (κ1) is 15.0. The van der Waals surface area contributed by atoms with E-state index < -0.39 is 0 Å². The van der Waals surface area contributed by atoms with Crippen molar-refractivity contribution in [2.45, 2.75) is 25.4 Å². The molecular formula is C13H26N2OS2. The van der Waals surface area contributed by atoms with Gasteiger partial charge < -0.3 is 10.1 Å². The summed E-state index contributed by atoms with van der Waals surface area (Å²) in [4.78, 5) is 2.59. The molecule has 106 valence electrons. The highest BCUT2D eigenvalue weighted by molar-refractivity contribution is 8.03. The lowest BCUT2D eigenvalue weighted by molar-refractivity contribution is 0.0156. The molecule has 0 spiro atoms. The van der Waals surface area contributed by atoms with Crippen LogP contribution in [0.4, 0.5) is 0 Å². The van der Waals surface area contributed by atoms with E-state index in [9.17, 15) is 0 Å². The van der Waals surface area contributed by atoms with Crippen LogP contribution in [-0.2, 0) is 4.74 Å². The second-order valence-corrected chi connectivity index (χ2v) is 7.27. The van der Waals surface area contributed by atoms with Gasteiger partial charge in [0, 0.05) is 54.7 Å². The first-order chi connectivity index (χ1) is 8.90. The predicted octanol–water partition coefficient (Wildman–Crippen LogP) is 1.54. The van der Waals surface area contributed by atoms with Gasteiger partial charge in [0.15, 0.2) is 0 Å². The van der Waals surface area contributed by atoms with Crippen molar-refractivity contribution >= 4 is 23.5 Å². The Kier molecular flexibility index (Phi) is 7.23. The van der Waals surface area contributed by atoms with Crippen LogP contribution in [0.1, 0.15) is 13.3 Å². The van der Waals surface area contributed by atoms with Gasteiger partial charge in [0.2, 0.25) is 0 Å². The van der Waals surface area contributed by atoms with E-state index in [4.69, 9.17) is 4.74 Å². The molecule has 0 amide bonds. The highest BCUT2D eigenvalue weighted by atomic mass is 32.2. The van der Waals surface area contributed by atoms with Crippen molar-refractivity contribution in [1.29, 1.82) is 0 Å². The Morgan fingerprint density at radius 1 is 1.22 bits per heavy atom. The topological polar surface area (TPSA) is 24.5 Å². The van der Waals surface area contributed by atoms with E-state index >= 15 is 0 Å². The molecule has 18 heavy (non-hydrogen) atoms. The van der Waals surface area contributed by atoms with Crippen molar-refractivity contribution in [2.24, 2.45) is 0 Å². The van der Waals surface area contributed by atoms with Gasteiger partial charge in [0.05, 0.1) is 13.2 Å². The van der Waals surface area contributed by atoms with Gasteiger partial charge in [-0.1, -0.05) is 6.92 Å². The summed E-state index contributed by atoms with van der Waals surface area (Å²) in [6.07, 6.45) is 1.24. The lowest BCUT2D eigenvalue weighted by Crippen LogP contribution is -2.49. The standard InChI is InChI=1S/C13H26N2OS2/c1-2-13(15-3-5-16-6-4-15)9-14-12-10-17-7-8-18-11-12/h12-14H,2-11H2,1H3. The number of rotatable bonds is 5. The van der Waals surface area contributed by atoms with Crippen LogP contribution < -0.4 is 5.32 Å². The van der Waals surface area contributed by atoms with Gasteiger partial charge in [0.1, 0.15) is 0 Å². The molecule has 0 aliphatic carbocycles. The first-order valence-electron chi connectivity index (χ1n) is 7.11. The van der Waals surface area contributed by atoms with Crippen LogP contribution in [-0.4, -0.2) is 72.8 Å². The quantitative estimate of drug-likeness (QED) is 0.828. The smallest absolute Gasteiger partial charge is 0.0594 e. The number of ether oxygens (including phenoxy) is 1. The Balaban J connectivity index is 1.71. The molecule has 0 saturated carbocycles. The molecule has 0 bridgehead atoms. The Bertz CT molecular complexity index is 217. The summed E-state index contributed by atoms with van der Waals surface area (Å²) in [5.74, 6) is 5.21. The molecule has 2 aliphatic rings. The molecule has 0 aromatic rings. The van der Waals surface area contributed by atoms with Gasteiger partial charge in [-0.3, -0.25) is 4.90 Å². The van der Waals surface area contributed by atoms with Crippen molar-refractivity contribution in [3.05, 3.63) is 0 Å². The van der Waals surface area contributed by atoms with E-state index in [1.807, 2.05) is 0 Å². The Morgan fingerprint density at radius 2 is 1.89 bits per heavy atom. The minimum atomic E-state index is 0.687. The lowest BCUT2D eigenvalue weighted by Gasteiger charge is -2.35. The molecule has 2 saturated heterocycles. The number of hydrogen-bond acceptors (Lipinski definition) is 5. The minimum Gasteiger partial charge on any atom is -0.379 e. The van der Waals surface area contributed by atoms with E-state index in [2.05, 4.69) is 40.7 Å². The lowest BCUT2D eigenvalue weighted by atomic mass is 10.1. The van der Waals surface area contributed by atoms with Crippen LogP contribution >= 0.6 is 23.5 Å². The van der Waals surface area contributed by atoms with Crippen molar-refractivity contribution in [1.82, 2.24) is 10.2 Å². The normalized spacial score (nSPS) is 25.8. The van der Waals surface area contributed by atoms with Crippen molar-refractivity contribution < 1.29 is 4.74 Å². The van der Waals surface area contributed by atoms with Gasteiger partial charge in [-0.25, -0.2) is 0 Å². The fourth-order valence-corrected chi connectivity index (χ4v) is 4.98. The van der Waals surface area contributed by atoms with Crippen molar-refractivity contribution in [2.75, 3.05) is 55.9 Å². The molecule has 1 N–H and O–H groups in total. The maximum Gasteiger partial charge on any atom is 0.0594 e. The average molecular weight is 290 g/mol. The minimum absolute atomic E-state index is 0.687. The van der Waals surface area contributed by atoms with Crippen LogP contribution in [0.5, 0.6) is 0 Å². The van der Waals surface area contributed by atoms with Crippen LogP contribution in [0.15, 0.2) is 0 Å². The average Bonchev–Trinajstić information content (AvgIpc) is 2.69. The summed E-state index contributed by atoms with van der Waals surface area (Å²) < 4.78 is 5.44. The Labute approximate surface area is 120 Å². The Morgan fingerprint density at radius 3 is 2.50 bits per heavy atom. The number of thioether (sulfide) groups is 2. The molecule has 5 heteroatoms. The van der Waals surface area contributed by atoms with Gasteiger partial charge in [-0.2, -0.15) is 23.5 Å². The number of hydrogen-bond donors (Lipinski definition) is 1. The second-order valence-electron chi connectivity index (χ2n) is 4.97. The third-order valence-corrected chi connectivity index (χ3v) is 6.21. The molecule has 2 fully saturated rings.